The highest BCUT2D eigenvalue weighted by atomic mass is 16.2. The number of aromatic nitrogens is 3. The second kappa shape index (κ2) is 5.75. The fourth-order valence-corrected chi connectivity index (χ4v) is 3.79. The lowest BCUT2D eigenvalue weighted by molar-refractivity contribution is -0.140. The van der Waals surface area contributed by atoms with Crippen LogP contribution in [-0.2, 0) is 17.9 Å². The van der Waals surface area contributed by atoms with Gasteiger partial charge in [0.05, 0.1) is 12.6 Å². The van der Waals surface area contributed by atoms with Crippen LogP contribution >= 0.6 is 0 Å². The van der Waals surface area contributed by atoms with Gasteiger partial charge in [-0.05, 0) is 12.8 Å². The third kappa shape index (κ3) is 2.28. The lowest BCUT2D eigenvalue weighted by Crippen LogP contribution is -2.45. The summed E-state index contributed by atoms with van der Waals surface area (Å²) in [7, 11) is 0. The zero-order valence-electron chi connectivity index (χ0n) is 13.5. The number of carbonyl (C=O) groups is 1. The van der Waals surface area contributed by atoms with Crippen LogP contribution in [0.4, 0.5) is 0 Å². The van der Waals surface area contributed by atoms with Gasteiger partial charge in [0, 0.05) is 18.7 Å². The smallest absolute Gasteiger partial charge is 0.243 e. The molecule has 1 aliphatic heterocycles. The molecular formula is C18H19N5O. The van der Waals surface area contributed by atoms with Crippen molar-refractivity contribution in [2.45, 2.75) is 38.8 Å². The molecule has 0 unspecified atom stereocenters. The largest absolute Gasteiger partial charge is 0.332 e. The van der Waals surface area contributed by atoms with Gasteiger partial charge in [-0.3, -0.25) is 4.79 Å². The molecule has 2 heterocycles. The van der Waals surface area contributed by atoms with E-state index in [-0.39, 0.29) is 5.91 Å². The van der Waals surface area contributed by atoms with Crippen molar-refractivity contribution in [1.82, 2.24) is 19.7 Å². The van der Waals surface area contributed by atoms with E-state index in [2.05, 4.69) is 20.8 Å². The Hall–Kier alpha value is -2.68. The van der Waals surface area contributed by atoms with Crippen molar-refractivity contribution in [3.63, 3.8) is 0 Å². The molecule has 24 heavy (non-hydrogen) atoms. The molecule has 1 amide bonds. The Labute approximate surface area is 140 Å². The Morgan fingerprint density at radius 2 is 1.88 bits per heavy atom. The van der Waals surface area contributed by atoms with E-state index < -0.39 is 5.41 Å². The fourth-order valence-electron chi connectivity index (χ4n) is 3.79. The number of nitriles is 1. The van der Waals surface area contributed by atoms with Crippen LogP contribution in [0.2, 0.25) is 0 Å². The van der Waals surface area contributed by atoms with Crippen molar-refractivity contribution >= 4 is 5.91 Å². The van der Waals surface area contributed by atoms with Crippen molar-refractivity contribution in [1.29, 1.82) is 5.26 Å². The molecule has 122 valence electrons. The lowest BCUT2D eigenvalue weighted by atomic mass is 9.86. The Balaban J connectivity index is 1.58. The molecule has 1 aromatic carbocycles. The van der Waals surface area contributed by atoms with Crippen LogP contribution in [0.5, 0.6) is 0 Å². The summed E-state index contributed by atoms with van der Waals surface area (Å²) >= 11 is 0. The molecule has 1 saturated carbocycles. The Kier molecular flexibility index (Phi) is 3.57. The summed E-state index contributed by atoms with van der Waals surface area (Å²) in [6, 6.07) is 12.2. The quantitative estimate of drug-likeness (QED) is 0.851. The minimum absolute atomic E-state index is 0.0296. The average Bonchev–Trinajstić information content (AvgIpc) is 3.29. The number of rotatable bonds is 2. The highest BCUT2D eigenvalue weighted by Crippen LogP contribution is 2.39. The van der Waals surface area contributed by atoms with Crippen LogP contribution in [-0.4, -0.2) is 32.1 Å². The van der Waals surface area contributed by atoms with E-state index in [0.717, 1.165) is 30.1 Å². The first kappa shape index (κ1) is 14.9. The summed E-state index contributed by atoms with van der Waals surface area (Å²) < 4.78 is 2.08. The van der Waals surface area contributed by atoms with Crippen LogP contribution in [0.15, 0.2) is 30.3 Å². The Morgan fingerprint density at radius 3 is 2.58 bits per heavy atom. The van der Waals surface area contributed by atoms with Gasteiger partial charge in [-0.15, -0.1) is 10.2 Å². The van der Waals surface area contributed by atoms with Crippen molar-refractivity contribution in [3.8, 4) is 17.5 Å². The molecule has 0 spiro atoms. The van der Waals surface area contributed by atoms with Crippen LogP contribution in [0, 0.1) is 16.7 Å². The summed E-state index contributed by atoms with van der Waals surface area (Å²) in [5, 5.41) is 18.1. The van der Waals surface area contributed by atoms with E-state index in [0.29, 0.717) is 32.5 Å². The molecule has 6 nitrogen and oxygen atoms in total. The van der Waals surface area contributed by atoms with E-state index in [1.807, 2.05) is 30.3 Å². The predicted molar refractivity (Wildman–Crippen MR) is 87.4 cm³/mol. The maximum atomic E-state index is 12.9. The van der Waals surface area contributed by atoms with Gasteiger partial charge < -0.3 is 9.47 Å². The van der Waals surface area contributed by atoms with Gasteiger partial charge >= 0.3 is 0 Å². The maximum absolute atomic E-state index is 12.9. The minimum Gasteiger partial charge on any atom is -0.332 e. The first-order valence-corrected chi connectivity index (χ1v) is 8.42. The lowest BCUT2D eigenvalue weighted by Gasteiger charge is -2.32. The number of amides is 1. The number of nitrogens with zero attached hydrogens (tertiary/aromatic N) is 5. The number of fused-ring (bicyclic) bond motifs is 1. The SMILES string of the molecule is N#CC1(C(=O)N2CCn3c(nnc3-c3ccccc3)C2)CCCC1. The summed E-state index contributed by atoms with van der Waals surface area (Å²) in [5.41, 5.74) is 0.213. The Bertz CT molecular complexity index is 799. The van der Waals surface area contributed by atoms with Gasteiger partial charge in [0.25, 0.3) is 0 Å². The molecule has 0 atom stereocenters. The first-order valence-electron chi connectivity index (χ1n) is 8.42. The second-order valence-corrected chi connectivity index (χ2v) is 6.59. The van der Waals surface area contributed by atoms with Crippen LogP contribution < -0.4 is 0 Å². The van der Waals surface area contributed by atoms with Gasteiger partial charge in [0.2, 0.25) is 5.91 Å². The Morgan fingerprint density at radius 1 is 1.12 bits per heavy atom. The van der Waals surface area contributed by atoms with E-state index in [1.54, 1.807) is 4.90 Å². The van der Waals surface area contributed by atoms with Gasteiger partial charge in [0.15, 0.2) is 11.6 Å². The standard InChI is InChI=1S/C18H19N5O/c19-13-18(8-4-5-9-18)17(24)22-10-11-23-15(12-22)20-21-16(23)14-6-2-1-3-7-14/h1-3,6-7H,4-5,8-12H2. The molecule has 1 aliphatic carbocycles. The van der Waals surface area contributed by atoms with Crippen LogP contribution in [0.1, 0.15) is 31.5 Å². The first-order chi connectivity index (χ1) is 11.7. The zero-order valence-corrected chi connectivity index (χ0v) is 13.5. The normalized spacial score (nSPS) is 18.9. The van der Waals surface area contributed by atoms with Crippen molar-refractivity contribution in [2.24, 2.45) is 5.41 Å². The molecule has 0 bridgehead atoms. The number of hydrogen-bond donors (Lipinski definition) is 0. The fraction of sp³-hybridized carbons (Fsp3) is 0.444. The highest BCUT2D eigenvalue weighted by molar-refractivity contribution is 5.85. The summed E-state index contributed by atoms with van der Waals surface area (Å²) in [6.45, 7) is 1.70. The monoisotopic (exact) mass is 321 g/mol. The van der Waals surface area contributed by atoms with Gasteiger partial charge in [-0.25, -0.2) is 0 Å². The molecule has 6 heteroatoms. The molecule has 4 rings (SSSR count). The molecular weight excluding hydrogens is 302 g/mol. The van der Waals surface area contributed by atoms with Gasteiger partial charge in [0.1, 0.15) is 5.41 Å². The van der Waals surface area contributed by atoms with Crippen molar-refractivity contribution < 1.29 is 4.79 Å². The molecule has 1 aromatic heterocycles. The third-order valence-corrected chi connectivity index (χ3v) is 5.15. The minimum atomic E-state index is -0.815. The second-order valence-electron chi connectivity index (χ2n) is 6.59. The van der Waals surface area contributed by atoms with Crippen molar-refractivity contribution in [3.05, 3.63) is 36.2 Å². The summed E-state index contributed by atoms with van der Waals surface area (Å²) in [5.74, 6) is 1.60. The van der Waals surface area contributed by atoms with Crippen molar-refractivity contribution in [2.75, 3.05) is 6.54 Å². The van der Waals surface area contributed by atoms with E-state index in [4.69, 9.17) is 0 Å². The predicted octanol–water partition coefficient (Wildman–Crippen LogP) is 2.37. The maximum Gasteiger partial charge on any atom is 0.243 e. The average molecular weight is 321 g/mol. The molecule has 2 aliphatic rings. The molecule has 0 saturated heterocycles. The molecule has 0 radical (unpaired) electrons. The number of carbonyl (C=O) groups excluding carboxylic acids is 1. The van der Waals surface area contributed by atoms with Crippen LogP contribution in [0.25, 0.3) is 11.4 Å². The van der Waals surface area contributed by atoms with E-state index >= 15 is 0 Å². The summed E-state index contributed by atoms with van der Waals surface area (Å²) in [4.78, 5) is 14.7. The zero-order chi connectivity index (χ0) is 16.6. The van der Waals surface area contributed by atoms with Gasteiger partial charge in [-0.2, -0.15) is 5.26 Å². The van der Waals surface area contributed by atoms with Gasteiger partial charge in [-0.1, -0.05) is 43.2 Å². The highest BCUT2D eigenvalue weighted by Gasteiger charge is 2.44. The molecule has 0 N–H and O–H groups in total. The van der Waals surface area contributed by atoms with Crippen LogP contribution in [0.3, 0.4) is 0 Å². The topological polar surface area (TPSA) is 74.8 Å². The molecule has 1 fully saturated rings. The summed E-state index contributed by atoms with van der Waals surface area (Å²) in [6.07, 6.45) is 3.28. The number of hydrogen-bond acceptors (Lipinski definition) is 4. The number of benzene rings is 1. The third-order valence-electron chi connectivity index (χ3n) is 5.15. The molecule has 2 aromatic rings. The van der Waals surface area contributed by atoms with E-state index in [9.17, 15) is 10.1 Å². The van der Waals surface area contributed by atoms with E-state index in [1.165, 1.54) is 0 Å².